The van der Waals surface area contributed by atoms with Crippen molar-refractivity contribution in [2.75, 3.05) is 6.54 Å². The van der Waals surface area contributed by atoms with E-state index >= 15 is 0 Å². The van der Waals surface area contributed by atoms with Crippen LogP contribution in [-0.2, 0) is 6.42 Å². The van der Waals surface area contributed by atoms with Crippen LogP contribution in [0.15, 0.2) is 22.7 Å². The first kappa shape index (κ1) is 14.2. The fourth-order valence-electron chi connectivity index (χ4n) is 2.53. The summed E-state index contributed by atoms with van der Waals surface area (Å²) in [4.78, 5) is 8.93. The van der Waals surface area contributed by atoms with Crippen molar-refractivity contribution < 1.29 is 4.52 Å². The van der Waals surface area contributed by atoms with Crippen LogP contribution in [0.5, 0.6) is 0 Å². The highest BCUT2D eigenvalue weighted by molar-refractivity contribution is 5.47. The lowest BCUT2D eigenvalue weighted by molar-refractivity contribution is 0.346. The number of nitrogens with zero attached hydrogens (tertiary/aromatic N) is 3. The summed E-state index contributed by atoms with van der Waals surface area (Å²) in [5.41, 5.74) is 1.73. The van der Waals surface area contributed by atoms with E-state index in [2.05, 4.69) is 27.4 Å². The minimum atomic E-state index is 0.462. The molecule has 112 valence electrons. The van der Waals surface area contributed by atoms with Crippen LogP contribution >= 0.6 is 0 Å². The van der Waals surface area contributed by atoms with E-state index in [1.54, 1.807) is 0 Å². The van der Waals surface area contributed by atoms with Crippen LogP contribution in [-0.4, -0.2) is 27.7 Å². The fourth-order valence-corrected chi connectivity index (χ4v) is 2.53. The molecule has 0 spiro atoms. The van der Waals surface area contributed by atoms with E-state index in [0.717, 1.165) is 36.7 Å². The minimum Gasteiger partial charge on any atom is -0.339 e. The van der Waals surface area contributed by atoms with Crippen LogP contribution in [0.3, 0.4) is 0 Å². The standard InChI is InChI=1S/C16H22N4O/c1-3-9-17-14(12-7-8-12)10-15-19-16(20-21-15)13-6-4-5-11(2)18-13/h4-6,12,14,17H,3,7-10H2,1-2H3. The van der Waals surface area contributed by atoms with Crippen molar-refractivity contribution in [1.29, 1.82) is 0 Å². The average molecular weight is 286 g/mol. The maximum atomic E-state index is 5.41. The van der Waals surface area contributed by atoms with Crippen LogP contribution < -0.4 is 5.32 Å². The molecule has 0 saturated heterocycles. The quantitative estimate of drug-likeness (QED) is 0.848. The van der Waals surface area contributed by atoms with Crippen molar-refractivity contribution >= 4 is 0 Å². The largest absolute Gasteiger partial charge is 0.339 e. The smallest absolute Gasteiger partial charge is 0.228 e. The molecule has 1 saturated carbocycles. The van der Waals surface area contributed by atoms with E-state index < -0.39 is 0 Å². The van der Waals surface area contributed by atoms with Crippen LogP contribution in [0.25, 0.3) is 11.5 Å². The zero-order valence-electron chi connectivity index (χ0n) is 12.7. The first-order valence-corrected chi connectivity index (χ1v) is 7.76. The first-order chi connectivity index (χ1) is 10.3. The lowest BCUT2D eigenvalue weighted by atomic mass is 10.1. The number of nitrogens with one attached hydrogen (secondary N) is 1. The van der Waals surface area contributed by atoms with Crippen LogP contribution in [0, 0.1) is 12.8 Å². The number of hydrogen-bond acceptors (Lipinski definition) is 5. The van der Waals surface area contributed by atoms with Gasteiger partial charge in [-0.2, -0.15) is 4.98 Å². The Balaban J connectivity index is 1.69. The molecule has 1 aliphatic rings. The molecule has 0 aromatic carbocycles. The van der Waals surface area contributed by atoms with Gasteiger partial charge >= 0.3 is 0 Å². The van der Waals surface area contributed by atoms with Gasteiger partial charge in [0.1, 0.15) is 5.69 Å². The molecular formula is C16H22N4O. The summed E-state index contributed by atoms with van der Waals surface area (Å²) in [6, 6.07) is 6.30. The number of rotatable bonds is 7. The second-order valence-corrected chi connectivity index (χ2v) is 5.78. The highest BCUT2D eigenvalue weighted by atomic mass is 16.5. The monoisotopic (exact) mass is 286 g/mol. The van der Waals surface area contributed by atoms with E-state index in [-0.39, 0.29) is 0 Å². The summed E-state index contributed by atoms with van der Waals surface area (Å²) in [5.74, 6) is 2.05. The molecule has 2 aromatic rings. The Morgan fingerprint density at radius 3 is 2.90 bits per heavy atom. The molecule has 1 atom stereocenters. The molecule has 2 aromatic heterocycles. The predicted molar refractivity (Wildman–Crippen MR) is 80.8 cm³/mol. The summed E-state index contributed by atoms with van der Waals surface area (Å²) >= 11 is 0. The predicted octanol–water partition coefficient (Wildman–Crippen LogP) is 2.76. The van der Waals surface area contributed by atoms with Crippen molar-refractivity contribution in [2.45, 2.75) is 45.6 Å². The van der Waals surface area contributed by atoms with Crippen LogP contribution in [0.4, 0.5) is 0 Å². The van der Waals surface area contributed by atoms with E-state index in [0.29, 0.717) is 17.8 Å². The Hall–Kier alpha value is -1.75. The number of pyridine rings is 1. The van der Waals surface area contributed by atoms with Crippen LogP contribution in [0.2, 0.25) is 0 Å². The summed E-state index contributed by atoms with van der Waals surface area (Å²) in [6.07, 6.45) is 4.57. The SMILES string of the molecule is CCCNC(Cc1nc(-c2cccc(C)n2)no1)C1CC1. The third kappa shape index (κ3) is 3.67. The molecule has 2 heterocycles. The molecule has 0 radical (unpaired) electrons. The second-order valence-electron chi connectivity index (χ2n) is 5.78. The Bertz CT molecular complexity index is 591. The minimum absolute atomic E-state index is 0.462. The Morgan fingerprint density at radius 2 is 2.19 bits per heavy atom. The van der Waals surface area contributed by atoms with E-state index in [4.69, 9.17) is 4.52 Å². The number of aryl methyl sites for hydroxylation is 1. The second kappa shape index (κ2) is 6.35. The maximum Gasteiger partial charge on any atom is 0.228 e. The van der Waals surface area contributed by atoms with Gasteiger partial charge in [-0.05, 0) is 50.8 Å². The molecule has 0 bridgehead atoms. The summed E-state index contributed by atoms with van der Waals surface area (Å²) in [5, 5.41) is 7.66. The molecule has 1 unspecified atom stereocenters. The van der Waals surface area contributed by atoms with Gasteiger partial charge < -0.3 is 9.84 Å². The van der Waals surface area contributed by atoms with Crippen molar-refractivity contribution in [3.05, 3.63) is 29.8 Å². The zero-order chi connectivity index (χ0) is 14.7. The van der Waals surface area contributed by atoms with Gasteiger partial charge in [-0.1, -0.05) is 18.1 Å². The Labute approximate surface area is 125 Å². The topological polar surface area (TPSA) is 63.8 Å². The highest BCUT2D eigenvalue weighted by Crippen LogP contribution is 2.34. The fraction of sp³-hybridized carbons (Fsp3) is 0.562. The van der Waals surface area contributed by atoms with E-state index in [1.165, 1.54) is 12.8 Å². The van der Waals surface area contributed by atoms with Gasteiger partial charge in [0.15, 0.2) is 0 Å². The van der Waals surface area contributed by atoms with Gasteiger partial charge in [0.25, 0.3) is 0 Å². The van der Waals surface area contributed by atoms with E-state index in [9.17, 15) is 0 Å². The molecule has 1 aliphatic carbocycles. The highest BCUT2D eigenvalue weighted by Gasteiger charge is 2.32. The van der Waals surface area contributed by atoms with Crippen molar-refractivity contribution in [3.63, 3.8) is 0 Å². The molecule has 1 fully saturated rings. The van der Waals surface area contributed by atoms with Crippen molar-refractivity contribution in [3.8, 4) is 11.5 Å². The van der Waals surface area contributed by atoms with Gasteiger partial charge in [-0.25, -0.2) is 4.98 Å². The third-order valence-electron chi connectivity index (χ3n) is 3.83. The average Bonchev–Trinajstić information content (AvgIpc) is 3.22. The van der Waals surface area contributed by atoms with Crippen molar-refractivity contribution in [1.82, 2.24) is 20.4 Å². The molecule has 0 amide bonds. The maximum absolute atomic E-state index is 5.41. The lowest BCUT2D eigenvalue weighted by Gasteiger charge is -2.15. The summed E-state index contributed by atoms with van der Waals surface area (Å²) in [6.45, 7) is 5.19. The molecular weight excluding hydrogens is 264 g/mol. The zero-order valence-corrected chi connectivity index (χ0v) is 12.7. The van der Waals surface area contributed by atoms with Gasteiger partial charge in [0.05, 0.1) is 0 Å². The Morgan fingerprint density at radius 1 is 1.33 bits per heavy atom. The van der Waals surface area contributed by atoms with Crippen LogP contribution in [0.1, 0.15) is 37.8 Å². The molecule has 1 N–H and O–H groups in total. The molecule has 3 rings (SSSR count). The molecule has 5 nitrogen and oxygen atoms in total. The summed E-state index contributed by atoms with van der Waals surface area (Å²) < 4.78 is 5.41. The van der Waals surface area contributed by atoms with Gasteiger partial charge in [0, 0.05) is 18.2 Å². The van der Waals surface area contributed by atoms with Gasteiger partial charge in [-0.15, -0.1) is 0 Å². The first-order valence-electron chi connectivity index (χ1n) is 7.76. The van der Waals surface area contributed by atoms with Crippen molar-refractivity contribution in [2.24, 2.45) is 5.92 Å². The molecule has 5 heteroatoms. The van der Waals surface area contributed by atoms with Gasteiger partial charge in [-0.3, -0.25) is 0 Å². The normalized spacial score (nSPS) is 16.1. The lowest BCUT2D eigenvalue weighted by Crippen LogP contribution is -2.33. The van der Waals surface area contributed by atoms with Gasteiger partial charge in [0.2, 0.25) is 11.7 Å². The number of aromatic nitrogens is 3. The molecule has 21 heavy (non-hydrogen) atoms. The van der Waals surface area contributed by atoms with E-state index in [1.807, 2.05) is 25.1 Å². The third-order valence-corrected chi connectivity index (χ3v) is 3.83. The Kier molecular flexibility index (Phi) is 4.29. The molecule has 0 aliphatic heterocycles. The number of hydrogen-bond donors (Lipinski definition) is 1. The summed E-state index contributed by atoms with van der Waals surface area (Å²) in [7, 11) is 0.